The van der Waals surface area contributed by atoms with Crippen LogP contribution in [0.4, 0.5) is 17.8 Å². The van der Waals surface area contributed by atoms with Gasteiger partial charge in [-0.1, -0.05) is 95.6 Å². The van der Waals surface area contributed by atoms with Crippen molar-refractivity contribution < 1.29 is 0 Å². The Morgan fingerprint density at radius 3 is 0.958 bits per heavy atom. The van der Waals surface area contributed by atoms with E-state index in [1.165, 1.54) is 0 Å². The average molecular weight is 726 g/mol. The molecule has 0 radical (unpaired) electrons. The maximum Gasteiger partial charge on any atom is 0.229 e. The van der Waals surface area contributed by atoms with Crippen LogP contribution in [0.3, 0.4) is 0 Å². The van der Waals surface area contributed by atoms with Crippen LogP contribution in [0.1, 0.15) is 20.8 Å². The van der Waals surface area contributed by atoms with E-state index in [0.29, 0.717) is 37.5 Å². The summed E-state index contributed by atoms with van der Waals surface area (Å²) in [6.45, 7) is 7.75. The second-order valence-electron chi connectivity index (χ2n) is 5.58. The molecule has 1 aromatic rings. The maximum absolute atomic E-state index is 4.39. The fraction of sp³-hybridized carbons (Fsp3) is 0.750. The lowest BCUT2D eigenvalue weighted by Gasteiger charge is -2.19. The van der Waals surface area contributed by atoms with Crippen molar-refractivity contribution >= 4 is 113 Å². The van der Waals surface area contributed by atoms with Gasteiger partial charge in [-0.05, 0) is 20.8 Å². The molecule has 0 fully saturated rings. The van der Waals surface area contributed by atoms with E-state index in [0.717, 1.165) is 0 Å². The van der Waals surface area contributed by atoms with Gasteiger partial charge in [-0.25, -0.2) is 0 Å². The Morgan fingerprint density at radius 2 is 0.792 bits per heavy atom. The van der Waals surface area contributed by atoms with Gasteiger partial charge in [-0.3, -0.25) is 0 Å². The van der Waals surface area contributed by atoms with Gasteiger partial charge in [0, 0.05) is 19.6 Å². The largest absolute Gasteiger partial charge is 0.352 e. The van der Waals surface area contributed by atoms with Crippen LogP contribution < -0.4 is 16.0 Å². The van der Waals surface area contributed by atoms with Crippen molar-refractivity contribution in [1.29, 1.82) is 0 Å². The Kier molecular flexibility index (Phi) is 9.21. The number of nitrogens with one attached hydrogen (secondary N) is 3. The summed E-state index contributed by atoms with van der Waals surface area (Å²) in [5, 5.41) is 9.53. The molecule has 138 valence electrons. The number of aromatic nitrogens is 3. The van der Waals surface area contributed by atoms with E-state index in [9.17, 15) is 0 Å². The maximum atomic E-state index is 4.39. The Hall–Kier alpha value is 1.29. The molecule has 1 rings (SSSR count). The molecule has 3 N–H and O–H groups in total. The molecule has 24 heavy (non-hydrogen) atoms. The first-order valence-corrected chi connectivity index (χ1v) is 11.6. The van der Waals surface area contributed by atoms with Gasteiger partial charge in [0.25, 0.3) is 0 Å². The van der Waals surface area contributed by atoms with Crippen LogP contribution in [-0.4, -0.2) is 44.3 Å². The molecular weight excluding hydrogens is 708 g/mol. The van der Waals surface area contributed by atoms with Gasteiger partial charge >= 0.3 is 0 Å². The SMILES string of the molecule is CC(Br)(Br)CNc1nc(NCC(C)(Br)Br)nc(NCC(C)(Br)Br)n1. The molecular formula is C12H18Br6N6. The summed E-state index contributed by atoms with van der Waals surface area (Å²) in [5.74, 6) is 1.45. The molecule has 0 atom stereocenters. The van der Waals surface area contributed by atoms with Crippen molar-refractivity contribution in [2.45, 2.75) is 30.5 Å². The summed E-state index contributed by atoms with van der Waals surface area (Å²) in [4.78, 5) is 13.2. The first kappa shape index (κ1) is 23.3. The van der Waals surface area contributed by atoms with Crippen LogP contribution in [0.15, 0.2) is 0 Å². The van der Waals surface area contributed by atoms with Crippen LogP contribution in [-0.2, 0) is 0 Å². The van der Waals surface area contributed by atoms with E-state index in [1.807, 2.05) is 20.8 Å². The summed E-state index contributed by atoms with van der Waals surface area (Å²) in [5.41, 5.74) is 0. The lowest BCUT2D eigenvalue weighted by molar-refractivity contribution is 0.897. The molecule has 0 unspecified atom stereocenters. The third-order valence-corrected chi connectivity index (χ3v) is 3.99. The Balaban J connectivity index is 2.91. The van der Waals surface area contributed by atoms with E-state index in [2.05, 4.69) is 126 Å². The number of nitrogens with zero attached hydrogens (tertiary/aromatic N) is 3. The van der Waals surface area contributed by atoms with E-state index in [4.69, 9.17) is 0 Å². The molecule has 0 aliphatic heterocycles. The van der Waals surface area contributed by atoms with Gasteiger partial charge in [-0.15, -0.1) is 0 Å². The molecule has 0 saturated carbocycles. The fourth-order valence-electron chi connectivity index (χ4n) is 1.32. The average Bonchev–Trinajstić information content (AvgIpc) is 2.38. The summed E-state index contributed by atoms with van der Waals surface area (Å²) in [6, 6.07) is 0. The molecule has 12 heteroatoms. The zero-order valence-electron chi connectivity index (χ0n) is 13.2. The third kappa shape index (κ3) is 11.8. The smallest absolute Gasteiger partial charge is 0.229 e. The third-order valence-electron chi connectivity index (χ3n) is 2.31. The molecule has 0 spiro atoms. The number of halogens is 6. The van der Waals surface area contributed by atoms with E-state index in [1.54, 1.807) is 0 Å². The highest BCUT2D eigenvalue weighted by molar-refractivity contribution is 9.26. The summed E-state index contributed by atoms with van der Waals surface area (Å²) in [7, 11) is 0. The quantitative estimate of drug-likeness (QED) is 0.287. The van der Waals surface area contributed by atoms with Crippen LogP contribution >= 0.6 is 95.6 Å². The van der Waals surface area contributed by atoms with Gasteiger partial charge in [0.1, 0.15) is 0 Å². The van der Waals surface area contributed by atoms with Crippen LogP contribution in [0.25, 0.3) is 0 Å². The van der Waals surface area contributed by atoms with Gasteiger partial charge in [0.15, 0.2) is 0 Å². The molecule has 0 bridgehead atoms. The Morgan fingerprint density at radius 1 is 0.583 bits per heavy atom. The topological polar surface area (TPSA) is 74.8 Å². The highest BCUT2D eigenvalue weighted by atomic mass is 79.9. The molecule has 0 aromatic carbocycles. The first-order valence-electron chi connectivity index (χ1n) is 6.85. The highest BCUT2D eigenvalue weighted by Gasteiger charge is 2.19. The van der Waals surface area contributed by atoms with Crippen LogP contribution in [0.2, 0.25) is 0 Å². The van der Waals surface area contributed by atoms with Gasteiger partial charge in [0.05, 0.1) is 9.70 Å². The number of anilines is 3. The van der Waals surface area contributed by atoms with Crippen LogP contribution in [0, 0.1) is 0 Å². The van der Waals surface area contributed by atoms with Crippen molar-refractivity contribution in [2.24, 2.45) is 0 Å². The number of alkyl halides is 6. The molecule has 0 saturated heterocycles. The van der Waals surface area contributed by atoms with Crippen molar-refractivity contribution in [3.63, 3.8) is 0 Å². The Bertz CT molecular complexity index is 448. The molecule has 6 nitrogen and oxygen atoms in total. The normalized spacial score (nSPS) is 12.9. The van der Waals surface area contributed by atoms with Gasteiger partial charge in [0.2, 0.25) is 17.8 Å². The summed E-state index contributed by atoms with van der Waals surface area (Å²) in [6.07, 6.45) is 0. The monoisotopic (exact) mass is 720 g/mol. The predicted molar refractivity (Wildman–Crippen MR) is 124 cm³/mol. The zero-order chi connectivity index (χ0) is 18.6. The number of rotatable bonds is 9. The minimum absolute atomic E-state index is 0.248. The van der Waals surface area contributed by atoms with Crippen molar-refractivity contribution in [3.8, 4) is 0 Å². The second kappa shape index (κ2) is 9.48. The van der Waals surface area contributed by atoms with Crippen LogP contribution in [0.5, 0.6) is 0 Å². The minimum Gasteiger partial charge on any atom is -0.352 e. The predicted octanol–water partition coefficient (Wildman–Crippen LogP) is 5.63. The second-order valence-corrected chi connectivity index (χ2v) is 19.3. The van der Waals surface area contributed by atoms with Gasteiger partial charge in [-0.2, -0.15) is 15.0 Å². The van der Waals surface area contributed by atoms with Crippen molar-refractivity contribution in [2.75, 3.05) is 35.6 Å². The highest BCUT2D eigenvalue weighted by Crippen LogP contribution is 2.27. The van der Waals surface area contributed by atoms with E-state index < -0.39 is 0 Å². The van der Waals surface area contributed by atoms with Crippen molar-refractivity contribution in [3.05, 3.63) is 0 Å². The molecule has 0 amide bonds. The summed E-state index contributed by atoms with van der Waals surface area (Å²) >= 11 is 21.1. The summed E-state index contributed by atoms with van der Waals surface area (Å²) < 4.78 is -0.743. The molecule has 1 heterocycles. The minimum atomic E-state index is -0.248. The van der Waals surface area contributed by atoms with E-state index in [-0.39, 0.29) is 9.70 Å². The Labute approximate surface area is 192 Å². The number of hydrogen-bond donors (Lipinski definition) is 3. The van der Waals surface area contributed by atoms with Gasteiger partial charge < -0.3 is 16.0 Å². The molecule has 1 aromatic heterocycles. The first-order chi connectivity index (χ1) is 10.7. The standard InChI is InChI=1S/C12H18Br6N6/c1-10(13,14)4-19-7-22-8(20-5-11(2,15)16)24-9(23-7)21-6-12(3,17)18/h4-6H2,1-3H3,(H3,19,20,21,22,23,24). The van der Waals surface area contributed by atoms with E-state index >= 15 is 0 Å². The zero-order valence-corrected chi connectivity index (χ0v) is 22.7. The lowest BCUT2D eigenvalue weighted by Crippen LogP contribution is -2.25. The fourth-order valence-corrected chi connectivity index (χ4v) is 2.16. The van der Waals surface area contributed by atoms with Crippen molar-refractivity contribution in [1.82, 2.24) is 15.0 Å². The number of hydrogen-bond acceptors (Lipinski definition) is 6. The molecule has 0 aliphatic rings. The lowest BCUT2D eigenvalue weighted by atomic mass is 10.5. The molecule has 0 aliphatic carbocycles.